The Morgan fingerprint density at radius 2 is 0.967 bits per heavy atom. The van der Waals surface area contributed by atoms with Crippen molar-refractivity contribution in [3.05, 3.63) is 0 Å². The molecule has 0 heterocycles. The van der Waals surface area contributed by atoms with Crippen molar-refractivity contribution in [1.82, 2.24) is 4.90 Å². The first-order valence-corrected chi connectivity index (χ1v) is 14.3. The van der Waals surface area contributed by atoms with Crippen molar-refractivity contribution in [2.75, 3.05) is 35.4 Å². The van der Waals surface area contributed by atoms with Crippen LogP contribution in [-0.2, 0) is 13.3 Å². The van der Waals surface area contributed by atoms with Crippen molar-refractivity contribution in [3.8, 4) is 0 Å². The van der Waals surface area contributed by atoms with Gasteiger partial charge in [-0.15, -0.1) is 12.4 Å². The van der Waals surface area contributed by atoms with E-state index in [9.17, 15) is 0 Å². The first-order chi connectivity index (χ1) is 14.0. The zero-order valence-corrected chi connectivity index (χ0v) is 23.0. The van der Waals surface area contributed by atoms with Gasteiger partial charge < -0.3 is 18.2 Å². The van der Waals surface area contributed by atoms with E-state index in [2.05, 4.69) is 25.9 Å². The fourth-order valence-corrected chi connectivity index (χ4v) is 5.92. The van der Waals surface area contributed by atoms with Crippen molar-refractivity contribution in [2.24, 2.45) is 0 Å². The third-order valence-corrected chi connectivity index (χ3v) is 9.16. The Labute approximate surface area is 196 Å². The van der Waals surface area contributed by atoms with Crippen LogP contribution in [0.25, 0.3) is 0 Å². The average Bonchev–Trinajstić information content (AvgIpc) is 2.73. The molecule has 0 radical (unpaired) electrons. The average molecular weight is 468 g/mol. The molecular weight excluding hydrogens is 414 g/mol. The predicted molar refractivity (Wildman–Crippen MR) is 136 cm³/mol. The number of nitrogens with zero attached hydrogens (tertiary/aromatic N) is 1. The summed E-state index contributed by atoms with van der Waals surface area (Å²) in [6, 6.07) is 1.55. The van der Waals surface area contributed by atoms with Gasteiger partial charge in [-0.3, -0.25) is 0 Å². The van der Waals surface area contributed by atoms with E-state index in [4.69, 9.17) is 13.3 Å². The minimum Gasteiger partial charge on any atom is -0.377 e. The van der Waals surface area contributed by atoms with Gasteiger partial charge in [0.15, 0.2) is 0 Å². The van der Waals surface area contributed by atoms with E-state index in [-0.39, 0.29) is 12.4 Å². The van der Waals surface area contributed by atoms with Gasteiger partial charge in [0.05, 0.1) is 0 Å². The SMILES string of the molecule is CCCCCCCCCCCCCCCC(CCC[Si](OC)(OC)OC)N(C)C.Cl. The van der Waals surface area contributed by atoms with Crippen LogP contribution in [0.2, 0.25) is 6.04 Å². The molecule has 1 unspecified atom stereocenters. The van der Waals surface area contributed by atoms with E-state index in [0.29, 0.717) is 6.04 Å². The summed E-state index contributed by atoms with van der Waals surface area (Å²) in [6.07, 6.45) is 22.0. The first kappa shape index (κ1) is 32.5. The van der Waals surface area contributed by atoms with Gasteiger partial charge in [-0.25, -0.2) is 0 Å². The van der Waals surface area contributed by atoms with Gasteiger partial charge in [0.1, 0.15) is 0 Å². The standard InChI is InChI=1S/C24H53NO3Si.ClH/c1-7-8-9-10-11-12-13-14-15-16-17-18-19-21-24(25(2)3)22-20-23-29(26-4,27-5)28-6;/h24H,7-23H2,1-6H3;1H. The Bertz CT molecular complexity index is 336. The van der Waals surface area contributed by atoms with E-state index in [1.807, 2.05) is 0 Å². The lowest BCUT2D eigenvalue weighted by Gasteiger charge is -2.27. The van der Waals surface area contributed by atoms with Gasteiger partial charge in [0.2, 0.25) is 0 Å². The summed E-state index contributed by atoms with van der Waals surface area (Å²) < 4.78 is 16.6. The maximum absolute atomic E-state index is 5.54. The second-order valence-electron chi connectivity index (χ2n) is 8.84. The van der Waals surface area contributed by atoms with Gasteiger partial charge in [-0.05, 0) is 33.4 Å². The molecule has 0 N–H and O–H groups in total. The lowest BCUT2D eigenvalue weighted by molar-refractivity contribution is 0.121. The van der Waals surface area contributed by atoms with Crippen LogP contribution in [0.15, 0.2) is 0 Å². The minimum atomic E-state index is -2.41. The molecule has 0 aliphatic heterocycles. The summed E-state index contributed by atoms with van der Waals surface area (Å²) in [4.78, 5) is 2.39. The van der Waals surface area contributed by atoms with Gasteiger partial charge in [-0.1, -0.05) is 90.4 Å². The van der Waals surface area contributed by atoms with Crippen molar-refractivity contribution in [3.63, 3.8) is 0 Å². The number of hydrogen-bond acceptors (Lipinski definition) is 4. The molecular formula is C24H54ClNO3Si. The Morgan fingerprint density at radius 3 is 1.33 bits per heavy atom. The smallest absolute Gasteiger partial charge is 0.377 e. The lowest BCUT2D eigenvalue weighted by atomic mass is 10.0. The van der Waals surface area contributed by atoms with Crippen LogP contribution >= 0.6 is 12.4 Å². The molecule has 0 aliphatic rings. The Kier molecular flexibility index (Phi) is 24.4. The topological polar surface area (TPSA) is 30.9 Å². The molecule has 0 rings (SSSR count). The maximum atomic E-state index is 5.54. The molecule has 6 heteroatoms. The van der Waals surface area contributed by atoms with Crippen LogP contribution in [-0.4, -0.2) is 55.2 Å². The quantitative estimate of drug-likeness (QED) is 0.122. The van der Waals surface area contributed by atoms with Crippen molar-refractivity contribution in [2.45, 2.75) is 122 Å². The van der Waals surface area contributed by atoms with Crippen LogP contribution in [0.4, 0.5) is 0 Å². The highest BCUT2D eigenvalue weighted by atomic mass is 35.5. The van der Waals surface area contributed by atoms with Gasteiger partial charge in [0.25, 0.3) is 0 Å². The van der Waals surface area contributed by atoms with E-state index in [1.165, 1.54) is 96.3 Å². The molecule has 0 aromatic heterocycles. The predicted octanol–water partition coefficient (Wildman–Crippen LogP) is 7.48. The second-order valence-corrected chi connectivity index (χ2v) is 11.9. The number of hydrogen-bond donors (Lipinski definition) is 0. The van der Waals surface area contributed by atoms with E-state index >= 15 is 0 Å². The monoisotopic (exact) mass is 467 g/mol. The molecule has 184 valence electrons. The first-order valence-electron chi connectivity index (χ1n) is 12.4. The molecule has 0 amide bonds. The Morgan fingerprint density at radius 1 is 0.600 bits per heavy atom. The highest BCUT2D eigenvalue weighted by Gasteiger charge is 2.37. The number of unbranched alkanes of at least 4 members (excludes halogenated alkanes) is 12. The third-order valence-electron chi connectivity index (χ3n) is 6.32. The zero-order valence-electron chi connectivity index (χ0n) is 21.2. The molecule has 0 saturated heterocycles. The van der Waals surface area contributed by atoms with Crippen LogP contribution in [0.5, 0.6) is 0 Å². The summed E-state index contributed by atoms with van der Waals surface area (Å²) in [5.41, 5.74) is 0. The molecule has 0 saturated carbocycles. The minimum absolute atomic E-state index is 0. The summed E-state index contributed by atoms with van der Waals surface area (Å²) in [5, 5.41) is 0. The molecule has 0 bridgehead atoms. The van der Waals surface area contributed by atoms with Crippen molar-refractivity contribution >= 4 is 21.2 Å². The highest BCUT2D eigenvalue weighted by molar-refractivity contribution is 6.60. The van der Waals surface area contributed by atoms with Gasteiger partial charge >= 0.3 is 8.80 Å². The van der Waals surface area contributed by atoms with Gasteiger partial charge in [0, 0.05) is 33.4 Å². The Balaban J connectivity index is 0. The molecule has 0 fully saturated rings. The van der Waals surface area contributed by atoms with Crippen molar-refractivity contribution < 1.29 is 13.3 Å². The summed E-state index contributed by atoms with van der Waals surface area (Å²) in [5.74, 6) is 0. The summed E-state index contributed by atoms with van der Waals surface area (Å²) in [6.45, 7) is 2.29. The fourth-order valence-electron chi connectivity index (χ4n) is 4.17. The Hall–Kier alpha value is 0.347. The zero-order chi connectivity index (χ0) is 21.8. The normalized spacial score (nSPS) is 12.9. The van der Waals surface area contributed by atoms with Crippen LogP contribution in [0.1, 0.15) is 110 Å². The van der Waals surface area contributed by atoms with Crippen LogP contribution < -0.4 is 0 Å². The van der Waals surface area contributed by atoms with Crippen LogP contribution in [0.3, 0.4) is 0 Å². The summed E-state index contributed by atoms with van der Waals surface area (Å²) in [7, 11) is 7.12. The lowest BCUT2D eigenvalue weighted by Crippen LogP contribution is -2.43. The largest absolute Gasteiger partial charge is 0.500 e. The molecule has 4 nitrogen and oxygen atoms in total. The van der Waals surface area contributed by atoms with Crippen molar-refractivity contribution in [1.29, 1.82) is 0 Å². The molecule has 0 aliphatic carbocycles. The van der Waals surface area contributed by atoms with Crippen LogP contribution in [0, 0.1) is 0 Å². The fraction of sp³-hybridized carbons (Fsp3) is 1.00. The highest BCUT2D eigenvalue weighted by Crippen LogP contribution is 2.21. The van der Waals surface area contributed by atoms with Gasteiger partial charge in [-0.2, -0.15) is 0 Å². The number of rotatable bonds is 22. The van der Waals surface area contributed by atoms with E-state index in [1.54, 1.807) is 21.3 Å². The van der Waals surface area contributed by atoms with E-state index < -0.39 is 8.80 Å². The molecule has 1 atom stereocenters. The summed E-state index contributed by atoms with van der Waals surface area (Å²) >= 11 is 0. The third kappa shape index (κ3) is 17.0. The molecule has 0 aromatic rings. The molecule has 30 heavy (non-hydrogen) atoms. The number of halogens is 1. The molecule has 0 spiro atoms. The molecule has 0 aromatic carbocycles. The maximum Gasteiger partial charge on any atom is 0.500 e. The second kappa shape index (κ2) is 22.5. The van der Waals surface area contributed by atoms with E-state index in [0.717, 1.165) is 12.5 Å².